The molecule has 0 fully saturated rings. The summed E-state index contributed by atoms with van der Waals surface area (Å²) in [4.78, 5) is 2.42. The minimum absolute atomic E-state index is 0.308. The number of nitrogens with zero attached hydrogens (tertiary/aromatic N) is 1. The first kappa shape index (κ1) is 16.2. The molecule has 108 valence electrons. The third-order valence-corrected chi connectivity index (χ3v) is 4.25. The average molecular weight is 262 g/mol. The molecule has 0 heterocycles. The molecule has 0 saturated carbocycles. The summed E-state index contributed by atoms with van der Waals surface area (Å²) < 4.78 is 0. The van der Waals surface area contributed by atoms with E-state index in [9.17, 15) is 0 Å². The molecule has 19 heavy (non-hydrogen) atoms. The van der Waals surface area contributed by atoms with E-state index >= 15 is 0 Å². The van der Waals surface area contributed by atoms with Gasteiger partial charge >= 0.3 is 0 Å². The molecule has 2 unspecified atom stereocenters. The van der Waals surface area contributed by atoms with Gasteiger partial charge in [-0.1, -0.05) is 52.0 Å². The van der Waals surface area contributed by atoms with Crippen LogP contribution < -0.4 is 5.73 Å². The maximum atomic E-state index is 5.70. The molecule has 0 spiro atoms. The number of hydrogen-bond acceptors (Lipinski definition) is 2. The summed E-state index contributed by atoms with van der Waals surface area (Å²) in [5.74, 6) is 0.445. The van der Waals surface area contributed by atoms with E-state index in [-0.39, 0.29) is 0 Å². The van der Waals surface area contributed by atoms with Crippen molar-refractivity contribution in [2.75, 3.05) is 13.6 Å². The first-order chi connectivity index (χ1) is 8.75. The minimum atomic E-state index is 0.308. The van der Waals surface area contributed by atoms with Crippen LogP contribution in [0.1, 0.15) is 51.7 Å². The van der Waals surface area contributed by atoms with Crippen molar-refractivity contribution in [2.24, 2.45) is 11.1 Å². The summed E-state index contributed by atoms with van der Waals surface area (Å²) >= 11 is 0. The number of rotatable bonds is 5. The fourth-order valence-corrected chi connectivity index (χ4v) is 2.17. The van der Waals surface area contributed by atoms with Crippen LogP contribution in [0.25, 0.3) is 0 Å². The van der Waals surface area contributed by atoms with Gasteiger partial charge in [-0.25, -0.2) is 0 Å². The Hall–Kier alpha value is -0.860. The molecule has 0 aliphatic heterocycles. The van der Waals surface area contributed by atoms with Crippen LogP contribution in [0.15, 0.2) is 24.3 Å². The third kappa shape index (κ3) is 4.63. The predicted molar refractivity (Wildman–Crippen MR) is 84.3 cm³/mol. The predicted octanol–water partition coefficient (Wildman–Crippen LogP) is 3.62. The standard InChI is InChI=1S/C17H30N2/c1-13(11-18)16-9-7-15(8-10-16)12-19(6)14(2)17(3,4)5/h7-10,13-14H,11-12,18H2,1-6H3. The molecule has 0 amide bonds. The summed E-state index contributed by atoms with van der Waals surface area (Å²) in [6.45, 7) is 13.0. The average Bonchev–Trinajstić information content (AvgIpc) is 2.36. The van der Waals surface area contributed by atoms with Crippen LogP contribution in [0.3, 0.4) is 0 Å². The van der Waals surface area contributed by atoms with E-state index in [1.807, 2.05) is 0 Å². The number of nitrogens with two attached hydrogens (primary N) is 1. The van der Waals surface area contributed by atoms with E-state index in [0.717, 1.165) is 6.54 Å². The van der Waals surface area contributed by atoms with Gasteiger partial charge in [-0.15, -0.1) is 0 Å². The molecule has 0 saturated heterocycles. The molecule has 2 nitrogen and oxygen atoms in total. The van der Waals surface area contributed by atoms with E-state index in [2.05, 4.69) is 70.8 Å². The molecular formula is C17H30N2. The topological polar surface area (TPSA) is 29.3 Å². The zero-order valence-corrected chi connectivity index (χ0v) is 13.4. The van der Waals surface area contributed by atoms with Gasteiger partial charge in [0.25, 0.3) is 0 Å². The quantitative estimate of drug-likeness (QED) is 0.878. The Bertz CT molecular complexity index is 375. The maximum absolute atomic E-state index is 5.70. The molecule has 0 aliphatic rings. The van der Waals surface area contributed by atoms with Crippen molar-refractivity contribution in [1.82, 2.24) is 4.90 Å². The Morgan fingerprint density at radius 3 is 2.05 bits per heavy atom. The molecule has 1 rings (SSSR count). The summed E-state index contributed by atoms with van der Waals surface area (Å²) in [6, 6.07) is 9.43. The number of hydrogen-bond donors (Lipinski definition) is 1. The van der Waals surface area contributed by atoms with Crippen molar-refractivity contribution in [2.45, 2.75) is 53.1 Å². The lowest BCUT2D eigenvalue weighted by Crippen LogP contribution is -2.38. The number of benzene rings is 1. The van der Waals surface area contributed by atoms with Crippen molar-refractivity contribution in [3.63, 3.8) is 0 Å². The second kappa shape index (κ2) is 6.53. The van der Waals surface area contributed by atoms with Gasteiger partial charge in [0.2, 0.25) is 0 Å². The Balaban J connectivity index is 2.68. The Morgan fingerprint density at radius 2 is 1.63 bits per heavy atom. The van der Waals surface area contributed by atoms with Crippen LogP contribution in [0.2, 0.25) is 0 Å². The molecule has 2 atom stereocenters. The molecule has 2 heteroatoms. The fraction of sp³-hybridized carbons (Fsp3) is 0.647. The van der Waals surface area contributed by atoms with Crippen LogP contribution in [0.4, 0.5) is 0 Å². The van der Waals surface area contributed by atoms with Gasteiger partial charge in [-0.3, -0.25) is 4.90 Å². The van der Waals surface area contributed by atoms with E-state index in [4.69, 9.17) is 5.73 Å². The first-order valence-corrected chi connectivity index (χ1v) is 7.25. The lowest BCUT2D eigenvalue weighted by Gasteiger charge is -2.35. The van der Waals surface area contributed by atoms with Crippen molar-refractivity contribution >= 4 is 0 Å². The zero-order chi connectivity index (χ0) is 14.6. The highest BCUT2D eigenvalue weighted by Crippen LogP contribution is 2.24. The van der Waals surface area contributed by atoms with Crippen molar-refractivity contribution in [3.8, 4) is 0 Å². The molecule has 2 N–H and O–H groups in total. The van der Waals surface area contributed by atoms with E-state index in [0.29, 0.717) is 23.9 Å². The zero-order valence-electron chi connectivity index (χ0n) is 13.4. The highest BCUT2D eigenvalue weighted by molar-refractivity contribution is 5.25. The fourth-order valence-electron chi connectivity index (χ4n) is 2.17. The lowest BCUT2D eigenvalue weighted by atomic mass is 9.87. The van der Waals surface area contributed by atoms with Crippen LogP contribution >= 0.6 is 0 Å². The molecule has 0 radical (unpaired) electrons. The van der Waals surface area contributed by atoms with E-state index < -0.39 is 0 Å². The van der Waals surface area contributed by atoms with Gasteiger partial charge in [-0.2, -0.15) is 0 Å². The summed E-state index contributed by atoms with van der Waals surface area (Å²) in [5.41, 5.74) is 8.71. The molecule has 0 aliphatic carbocycles. The Kier molecular flexibility index (Phi) is 5.57. The minimum Gasteiger partial charge on any atom is -0.330 e. The molecule has 1 aromatic rings. The van der Waals surface area contributed by atoms with Crippen molar-refractivity contribution < 1.29 is 0 Å². The van der Waals surface area contributed by atoms with Crippen molar-refractivity contribution in [1.29, 1.82) is 0 Å². The summed E-state index contributed by atoms with van der Waals surface area (Å²) in [7, 11) is 2.20. The normalized spacial score (nSPS) is 15.6. The lowest BCUT2D eigenvalue weighted by molar-refractivity contribution is 0.134. The monoisotopic (exact) mass is 262 g/mol. The van der Waals surface area contributed by atoms with Gasteiger partial charge in [0.05, 0.1) is 0 Å². The largest absolute Gasteiger partial charge is 0.330 e. The maximum Gasteiger partial charge on any atom is 0.0233 e. The van der Waals surface area contributed by atoms with Gasteiger partial charge in [0, 0.05) is 12.6 Å². The summed E-state index contributed by atoms with van der Waals surface area (Å²) in [6.07, 6.45) is 0. The van der Waals surface area contributed by atoms with Crippen LogP contribution in [0, 0.1) is 5.41 Å². The van der Waals surface area contributed by atoms with Gasteiger partial charge in [-0.05, 0) is 43.0 Å². The van der Waals surface area contributed by atoms with E-state index in [1.165, 1.54) is 11.1 Å². The third-order valence-electron chi connectivity index (χ3n) is 4.25. The van der Waals surface area contributed by atoms with Crippen molar-refractivity contribution in [3.05, 3.63) is 35.4 Å². The molecule has 1 aromatic carbocycles. The van der Waals surface area contributed by atoms with Gasteiger partial charge < -0.3 is 5.73 Å². The first-order valence-electron chi connectivity index (χ1n) is 7.25. The highest BCUT2D eigenvalue weighted by atomic mass is 15.1. The highest BCUT2D eigenvalue weighted by Gasteiger charge is 2.23. The van der Waals surface area contributed by atoms with Crippen LogP contribution in [0.5, 0.6) is 0 Å². The second-order valence-corrected chi connectivity index (χ2v) is 6.84. The molecule has 0 bridgehead atoms. The summed E-state index contributed by atoms with van der Waals surface area (Å²) in [5, 5.41) is 0. The Labute approximate surface area is 119 Å². The molecule has 0 aromatic heterocycles. The van der Waals surface area contributed by atoms with Gasteiger partial charge in [0.15, 0.2) is 0 Å². The second-order valence-electron chi connectivity index (χ2n) is 6.84. The molecular weight excluding hydrogens is 232 g/mol. The smallest absolute Gasteiger partial charge is 0.0233 e. The SMILES string of the molecule is CC(CN)c1ccc(CN(C)C(C)C(C)(C)C)cc1. The van der Waals surface area contributed by atoms with Gasteiger partial charge in [0.1, 0.15) is 0 Å². The van der Waals surface area contributed by atoms with E-state index in [1.54, 1.807) is 0 Å². The van der Waals surface area contributed by atoms with Crippen LogP contribution in [-0.2, 0) is 6.54 Å². The van der Waals surface area contributed by atoms with Crippen LogP contribution in [-0.4, -0.2) is 24.5 Å². The Morgan fingerprint density at radius 1 is 1.11 bits per heavy atom.